The second-order valence-electron chi connectivity index (χ2n) is 4.79. The number of carboxylic acid groups (broad SMARTS) is 1. The molecule has 0 aromatic heterocycles. The first kappa shape index (κ1) is 15.0. The Labute approximate surface area is 113 Å². The van der Waals surface area contributed by atoms with Crippen molar-refractivity contribution in [3.05, 3.63) is 35.4 Å². The molecule has 0 saturated carbocycles. The minimum absolute atomic E-state index is 0.0190. The second-order valence-corrected chi connectivity index (χ2v) is 4.79. The van der Waals surface area contributed by atoms with E-state index in [1.807, 2.05) is 26.0 Å². The molecule has 0 bridgehead atoms. The van der Waals surface area contributed by atoms with Crippen LogP contribution in [0.4, 0.5) is 4.79 Å². The van der Waals surface area contributed by atoms with Crippen LogP contribution in [-0.4, -0.2) is 29.7 Å². The normalized spacial score (nSPS) is 13.4. The topological polar surface area (TPSA) is 78.4 Å². The van der Waals surface area contributed by atoms with Crippen molar-refractivity contribution in [2.24, 2.45) is 5.92 Å². The van der Waals surface area contributed by atoms with Gasteiger partial charge in [-0.15, -0.1) is 0 Å². The lowest BCUT2D eigenvalue weighted by Crippen LogP contribution is -2.41. The van der Waals surface area contributed by atoms with Crippen molar-refractivity contribution in [1.29, 1.82) is 0 Å². The van der Waals surface area contributed by atoms with E-state index in [9.17, 15) is 9.59 Å². The summed E-state index contributed by atoms with van der Waals surface area (Å²) in [4.78, 5) is 22.4. The summed E-state index contributed by atoms with van der Waals surface area (Å²) < 4.78 is 0. The quantitative estimate of drug-likeness (QED) is 0.761. The molecule has 104 valence electrons. The Morgan fingerprint density at radius 1 is 1.21 bits per heavy atom. The molecule has 2 unspecified atom stereocenters. The van der Waals surface area contributed by atoms with Crippen molar-refractivity contribution in [1.82, 2.24) is 10.6 Å². The lowest BCUT2D eigenvalue weighted by molar-refractivity contribution is 0.0946. The van der Waals surface area contributed by atoms with Gasteiger partial charge in [0, 0.05) is 18.2 Å². The summed E-state index contributed by atoms with van der Waals surface area (Å²) in [6.45, 7) is 6.05. The Morgan fingerprint density at radius 3 is 2.32 bits per heavy atom. The zero-order chi connectivity index (χ0) is 14.4. The molecule has 3 N–H and O–H groups in total. The smallest absolute Gasteiger partial charge is 0.404 e. The first-order valence-corrected chi connectivity index (χ1v) is 6.24. The zero-order valence-electron chi connectivity index (χ0n) is 11.4. The first-order chi connectivity index (χ1) is 8.90. The highest BCUT2D eigenvalue weighted by atomic mass is 16.4. The van der Waals surface area contributed by atoms with Gasteiger partial charge in [-0.1, -0.05) is 24.6 Å². The Balaban J connectivity index is 2.45. The van der Waals surface area contributed by atoms with E-state index < -0.39 is 6.09 Å². The van der Waals surface area contributed by atoms with Crippen molar-refractivity contribution in [3.8, 4) is 0 Å². The number of aryl methyl sites for hydroxylation is 1. The number of hydrogen-bond donors (Lipinski definition) is 3. The molecule has 0 heterocycles. The van der Waals surface area contributed by atoms with Gasteiger partial charge in [0.2, 0.25) is 0 Å². The highest BCUT2D eigenvalue weighted by molar-refractivity contribution is 5.94. The monoisotopic (exact) mass is 264 g/mol. The summed E-state index contributed by atoms with van der Waals surface area (Å²) in [5, 5.41) is 13.8. The fourth-order valence-corrected chi connectivity index (χ4v) is 1.57. The van der Waals surface area contributed by atoms with E-state index in [1.54, 1.807) is 19.1 Å². The van der Waals surface area contributed by atoms with Gasteiger partial charge in [0.25, 0.3) is 5.91 Å². The van der Waals surface area contributed by atoms with Gasteiger partial charge in [0.05, 0.1) is 0 Å². The van der Waals surface area contributed by atoms with Crippen LogP contribution < -0.4 is 10.6 Å². The summed E-state index contributed by atoms with van der Waals surface area (Å²) in [7, 11) is 0. The van der Waals surface area contributed by atoms with Crippen LogP contribution in [0, 0.1) is 12.8 Å². The van der Waals surface area contributed by atoms with Crippen molar-refractivity contribution in [3.63, 3.8) is 0 Å². The summed E-state index contributed by atoms with van der Waals surface area (Å²) >= 11 is 0. The Morgan fingerprint density at radius 2 is 1.79 bits per heavy atom. The van der Waals surface area contributed by atoms with Crippen LogP contribution >= 0.6 is 0 Å². The molecule has 0 aliphatic rings. The predicted octanol–water partition coefficient (Wildman–Crippen LogP) is 2.02. The number of carbonyl (C=O) groups excluding carboxylic acids is 1. The third-order valence-electron chi connectivity index (χ3n) is 3.10. The van der Waals surface area contributed by atoms with Gasteiger partial charge >= 0.3 is 6.09 Å². The van der Waals surface area contributed by atoms with Crippen molar-refractivity contribution in [2.45, 2.75) is 26.8 Å². The molecule has 5 heteroatoms. The molecule has 2 amide bonds. The third-order valence-corrected chi connectivity index (χ3v) is 3.10. The summed E-state index contributed by atoms with van der Waals surface area (Å²) in [5.74, 6) is -0.125. The van der Waals surface area contributed by atoms with Crippen molar-refractivity contribution < 1.29 is 14.7 Å². The zero-order valence-corrected chi connectivity index (χ0v) is 11.4. The molecule has 0 spiro atoms. The van der Waals surface area contributed by atoms with Gasteiger partial charge in [0.1, 0.15) is 0 Å². The lowest BCUT2D eigenvalue weighted by Gasteiger charge is -2.20. The number of carbonyl (C=O) groups is 2. The van der Waals surface area contributed by atoms with E-state index in [-0.39, 0.29) is 17.9 Å². The fraction of sp³-hybridized carbons (Fsp3) is 0.429. The van der Waals surface area contributed by atoms with E-state index in [1.165, 1.54) is 0 Å². The maximum atomic E-state index is 11.9. The fourth-order valence-electron chi connectivity index (χ4n) is 1.57. The molecule has 0 aliphatic heterocycles. The van der Waals surface area contributed by atoms with Crippen LogP contribution in [0.25, 0.3) is 0 Å². The van der Waals surface area contributed by atoms with E-state index in [2.05, 4.69) is 10.6 Å². The molecule has 0 radical (unpaired) electrons. The summed E-state index contributed by atoms with van der Waals surface area (Å²) in [6.07, 6.45) is -1.05. The summed E-state index contributed by atoms with van der Waals surface area (Å²) in [6, 6.07) is 7.10. The van der Waals surface area contributed by atoms with E-state index >= 15 is 0 Å². The molecule has 0 saturated heterocycles. The molecule has 1 rings (SSSR count). The summed E-state index contributed by atoms with van der Waals surface area (Å²) in [5.41, 5.74) is 1.71. The molecule has 0 fully saturated rings. The van der Waals surface area contributed by atoms with Crippen LogP contribution in [0.15, 0.2) is 24.3 Å². The average molecular weight is 264 g/mol. The molecule has 1 aromatic rings. The number of rotatable bonds is 5. The largest absolute Gasteiger partial charge is 0.465 e. The number of amides is 2. The van der Waals surface area contributed by atoms with Gasteiger partial charge < -0.3 is 15.7 Å². The van der Waals surface area contributed by atoms with Crippen LogP contribution in [0.1, 0.15) is 29.8 Å². The molecular formula is C14H20N2O3. The first-order valence-electron chi connectivity index (χ1n) is 6.24. The molecule has 5 nitrogen and oxygen atoms in total. The Bertz CT molecular complexity index is 443. The standard InChI is InChI=1S/C14H20N2O3/c1-9-4-6-12(7-5-9)13(17)15-8-10(2)11(3)16-14(18)19/h4-7,10-11,16H,8H2,1-3H3,(H,15,17)(H,18,19). The van der Waals surface area contributed by atoms with Gasteiger partial charge in [-0.3, -0.25) is 4.79 Å². The van der Waals surface area contributed by atoms with Crippen LogP contribution in [0.2, 0.25) is 0 Å². The lowest BCUT2D eigenvalue weighted by atomic mass is 10.0. The minimum Gasteiger partial charge on any atom is -0.465 e. The maximum Gasteiger partial charge on any atom is 0.404 e. The van der Waals surface area contributed by atoms with Crippen LogP contribution in [0.5, 0.6) is 0 Å². The van der Waals surface area contributed by atoms with Gasteiger partial charge in [0.15, 0.2) is 0 Å². The van der Waals surface area contributed by atoms with Crippen molar-refractivity contribution >= 4 is 12.0 Å². The van der Waals surface area contributed by atoms with Gasteiger partial charge in [-0.2, -0.15) is 0 Å². The van der Waals surface area contributed by atoms with Gasteiger partial charge in [-0.05, 0) is 31.9 Å². The number of benzene rings is 1. The third kappa shape index (κ3) is 4.99. The second kappa shape index (κ2) is 6.78. The number of nitrogens with one attached hydrogen (secondary N) is 2. The van der Waals surface area contributed by atoms with Gasteiger partial charge in [-0.25, -0.2) is 4.79 Å². The average Bonchev–Trinajstić information content (AvgIpc) is 2.35. The minimum atomic E-state index is -1.05. The highest BCUT2D eigenvalue weighted by Gasteiger charge is 2.15. The Kier molecular flexibility index (Phi) is 5.36. The maximum absolute atomic E-state index is 11.9. The van der Waals surface area contributed by atoms with E-state index in [0.717, 1.165) is 5.56 Å². The molecule has 0 aliphatic carbocycles. The Hall–Kier alpha value is -2.04. The highest BCUT2D eigenvalue weighted by Crippen LogP contribution is 2.04. The number of hydrogen-bond acceptors (Lipinski definition) is 2. The molecule has 19 heavy (non-hydrogen) atoms. The molecule has 2 atom stereocenters. The van der Waals surface area contributed by atoms with E-state index in [4.69, 9.17) is 5.11 Å². The molecule has 1 aromatic carbocycles. The van der Waals surface area contributed by atoms with Crippen molar-refractivity contribution in [2.75, 3.05) is 6.54 Å². The van der Waals surface area contributed by atoms with Crippen LogP contribution in [-0.2, 0) is 0 Å². The van der Waals surface area contributed by atoms with Crippen LogP contribution in [0.3, 0.4) is 0 Å². The predicted molar refractivity (Wildman–Crippen MR) is 73.3 cm³/mol. The SMILES string of the molecule is Cc1ccc(C(=O)NCC(C)C(C)NC(=O)O)cc1. The molecular weight excluding hydrogens is 244 g/mol. The van der Waals surface area contributed by atoms with E-state index in [0.29, 0.717) is 12.1 Å².